The van der Waals surface area contributed by atoms with Crippen molar-refractivity contribution >= 4 is 10.0 Å². The zero-order chi connectivity index (χ0) is 15.9. The van der Waals surface area contributed by atoms with Crippen LogP contribution in [0.15, 0.2) is 45.9 Å². The van der Waals surface area contributed by atoms with E-state index in [0.717, 1.165) is 12.8 Å². The molecule has 2 fully saturated rings. The van der Waals surface area contributed by atoms with Crippen LogP contribution in [0, 0.1) is 0 Å². The average Bonchev–Trinajstić information content (AvgIpc) is 3.09. The van der Waals surface area contributed by atoms with Gasteiger partial charge in [0.05, 0.1) is 11.1 Å². The van der Waals surface area contributed by atoms with Crippen molar-refractivity contribution in [2.75, 3.05) is 13.1 Å². The number of sulfonamides is 1. The van der Waals surface area contributed by atoms with Crippen LogP contribution in [0.1, 0.15) is 19.3 Å². The molecule has 2 aliphatic rings. The van der Waals surface area contributed by atoms with E-state index in [-0.39, 0.29) is 17.0 Å². The van der Waals surface area contributed by atoms with Crippen LogP contribution < -0.4 is 5.32 Å². The monoisotopic (exact) mass is 333 g/mol. The summed E-state index contributed by atoms with van der Waals surface area (Å²) in [6, 6.07) is 9.16. The van der Waals surface area contributed by atoms with Gasteiger partial charge in [-0.2, -0.15) is 4.31 Å². The van der Waals surface area contributed by atoms with Gasteiger partial charge in [0.2, 0.25) is 10.0 Å². The molecular formula is C16H19N3O3S. The Morgan fingerprint density at radius 3 is 2.57 bits per heavy atom. The number of hydrogen-bond donors (Lipinski definition) is 1. The third-order valence-electron chi connectivity index (χ3n) is 4.63. The zero-order valence-corrected chi connectivity index (χ0v) is 13.5. The minimum atomic E-state index is -3.56. The van der Waals surface area contributed by atoms with Crippen LogP contribution in [0.3, 0.4) is 0 Å². The van der Waals surface area contributed by atoms with Crippen LogP contribution in [0.2, 0.25) is 0 Å². The molecule has 122 valence electrons. The third kappa shape index (κ3) is 2.69. The summed E-state index contributed by atoms with van der Waals surface area (Å²) in [7, 11) is -3.56. The predicted octanol–water partition coefficient (Wildman–Crippen LogP) is 1.86. The lowest BCUT2D eigenvalue weighted by Crippen LogP contribution is -2.59. The molecule has 2 bridgehead atoms. The van der Waals surface area contributed by atoms with Gasteiger partial charge in [0.15, 0.2) is 5.76 Å². The van der Waals surface area contributed by atoms with Crippen molar-refractivity contribution in [2.45, 2.75) is 36.2 Å². The highest BCUT2D eigenvalue weighted by molar-refractivity contribution is 7.89. The Balaban J connectivity index is 1.72. The van der Waals surface area contributed by atoms with Crippen LogP contribution >= 0.6 is 0 Å². The van der Waals surface area contributed by atoms with Crippen LogP contribution in [-0.2, 0) is 10.0 Å². The average molecular weight is 333 g/mol. The first-order valence-corrected chi connectivity index (χ1v) is 9.35. The summed E-state index contributed by atoms with van der Waals surface area (Å²) >= 11 is 0. The Morgan fingerprint density at radius 2 is 1.87 bits per heavy atom. The second kappa shape index (κ2) is 5.74. The lowest BCUT2D eigenvalue weighted by atomic mass is 9.96. The number of piperidine rings is 1. The maximum Gasteiger partial charge on any atom is 0.243 e. The van der Waals surface area contributed by atoms with E-state index in [2.05, 4.69) is 10.5 Å². The van der Waals surface area contributed by atoms with Crippen molar-refractivity contribution in [1.82, 2.24) is 14.8 Å². The van der Waals surface area contributed by atoms with Crippen molar-refractivity contribution in [3.8, 4) is 11.3 Å². The Labute approximate surface area is 135 Å². The SMILES string of the molecule is O=S(=O)(c1ccccc1-c1ccno1)N1CC2CCCC(C1)N2. The number of piperazine rings is 1. The number of hydrogen-bond acceptors (Lipinski definition) is 5. The van der Waals surface area contributed by atoms with Gasteiger partial charge in [0.25, 0.3) is 0 Å². The Morgan fingerprint density at radius 1 is 1.13 bits per heavy atom. The van der Waals surface area contributed by atoms with Gasteiger partial charge >= 0.3 is 0 Å². The number of nitrogens with one attached hydrogen (secondary N) is 1. The zero-order valence-electron chi connectivity index (χ0n) is 12.7. The fourth-order valence-corrected chi connectivity index (χ4v) is 5.28. The normalized spacial score (nSPS) is 25.4. The van der Waals surface area contributed by atoms with E-state index in [1.807, 2.05) is 6.07 Å². The van der Waals surface area contributed by atoms with Crippen molar-refractivity contribution in [2.24, 2.45) is 0 Å². The molecule has 1 aromatic carbocycles. The molecule has 2 unspecified atom stereocenters. The van der Waals surface area contributed by atoms with E-state index in [4.69, 9.17) is 4.52 Å². The standard InChI is InChI=1S/C16H19N3O3S/c20-23(21,19-10-12-4-3-5-13(11-19)18-12)16-7-2-1-6-14(16)15-8-9-17-22-15/h1-2,6-9,12-13,18H,3-5,10-11H2. The van der Waals surface area contributed by atoms with Gasteiger partial charge in [-0.3, -0.25) is 0 Å². The van der Waals surface area contributed by atoms with E-state index < -0.39 is 10.0 Å². The van der Waals surface area contributed by atoms with E-state index in [1.54, 1.807) is 28.6 Å². The first-order valence-electron chi connectivity index (χ1n) is 7.91. The second-order valence-corrected chi connectivity index (χ2v) is 8.09. The fraction of sp³-hybridized carbons (Fsp3) is 0.438. The van der Waals surface area contributed by atoms with Crippen LogP contribution in [-0.4, -0.2) is 43.1 Å². The molecule has 2 aliphatic heterocycles. The summed E-state index contributed by atoms with van der Waals surface area (Å²) < 4.78 is 33.1. The minimum absolute atomic E-state index is 0.259. The summed E-state index contributed by atoms with van der Waals surface area (Å²) in [5.74, 6) is 0.472. The highest BCUT2D eigenvalue weighted by atomic mass is 32.2. The van der Waals surface area contributed by atoms with Gasteiger partial charge in [0, 0.05) is 36.8 Å². The second-order valence-electron chi connectivity index (χ2n) is 6.19. The van der Waals surface area contributed by atoms with Gasteiger partial charge in [-0.05, 0) is 25.0 Å². The van der Waals surface area contributed by atoms with Crippen LogP contribution in [0.5, 0.6) is 0 Å². The molecule has 6 nitrogen and oxygen atoms in total. The van der Waals surface area contributed by atoms with Crippen molar-refractivity contribution < 1.29 is 12.9 Å². The summed E-state index contributed by atoms with van der Waals surface area (Å²) in [6.07, 6.45) is 4.76. The molecular weight excluding hydrogens is 314 g/mol. The van der Waals surface area contributed by atoms with Crippen LogP contribution in [0.25, 0.3) is 11.3 Å². The molecule has 23 heavy (non-hydrogen) atoms. The first-order chi connectivity index (χ1) is 11.1. The van der Waals surface area contributed by atoms with Gasteiger partial charge in [-0.15, -0.1) is 0 Å². The number of aromatic nitrogens is 1. The molecule has 0 amide bonds. The maximum absolute atomic E-state index is 13.2. The Bertz CT molecular complexity index is 777. The molecule has 2 aromatic rings. The summed E-state index contributed by atoms with van der Waals surface area (Å²) in [4.78, 5) is 0.289. The molecule has 0 spiro atoms. The highest BCUT2D eigenvalue weighted by Crippen LogP contribution is 2.31. The number of benzene rings is 1. The topological polar surface area (TPSA) is 75.4 Å². The summed E-state index contributed by atoms with van der Waals surface area (Å²) in [5.41, 5.74) is 0.564. The summed E-state index contributed by atoms with van der Waals surface area (Å²) in [5, 5.41) is 7.20. The smallest absolute Gasteiger partial charge is 0.243 e. The Hall–Kier alpha value is -1.70. The molecule has 2 atom stereocenters. The minimum Gasteiger partial charge on any atom is -0.356 e. The largest absolute Gasteiger partial charge is 0.356 e. The quantitative estimate of drug-likeness (QED) is 0.928. The first kappa shape index (κ1) is 14.9. The lowest BCUT2D eigenvalue weighted by Gasteiger charge is -2.41. The highest BCUT2D eigenvalue weighted by Gasteiger charge is 2.37. The molecule has 3 heterocycles. The maximum atomic E-state index is 13.2. The predicted molar refractivity (Wildman–Crippen MR) is 85.3 cm³/mol. The van der Waals surface area contributed by atoms with Gasteiger partial charge in [-0.1, -0.05) is 23.7 Å². The molecule has 1 aromatic heterocycles. The molecule has 2 saturated heterocycles. The number of rotatable bonds is 3. The van der Waals surface area contributed by atoms with E-state index in [9.17, 15) is 8.42 Å². The molecule has 4 rings (SSSR count). The van der Waals surface area contributed by atoms with Crippen molar-refractivity contribution in [1.29, 1.82) is 0 Å². The Kier molecular flexibility index (Phi) is 3.71. The van der Waals surface area contributed by atoms with E-state index in [0.29, 0.717) is 24.4 Å². The van der Waals surface area contributed by atoms with Gasteiger partial charge in [-0.25, -0.2) is 8.42 Å². The number of fused-ring (bicyclic) bond motifs is 2. The molecule has 0 aliphatic carbocycles. The molecule has 7 heteroatoms. The van der Waals surface area contributed by atoms with E-state index >= 15 is 0 Å². The fourth-order valence-electron chi connectivity index (χ4n) is 3.55. The van der Waals surface area contributed by atoms with Gasteiger partial charge in [0.1, 0.15) is 0 Å². The van der Waals surface area contributed by atoms with Crippen molar-refractivity contribution in [3.05, 3.63) is 36.5 Å². The van der Waals surface area contributed by atoms with Gasteiger partial charge < -0.3 is 9.84 Å². The number of nitrogens with zero attached hydrogens (tertiary/aromatic N) is 2. The molecule has 1 N–H and O–H groups in total. The van der Waals surface area contributed by atoms with Crippen LogP contribution in [0.4, 0.5) is 0 Å². The molecule has 0 radical (unpaired) electrons. The van der Waals surface area contributed by atoms with E-state index in [1.165, 1.54) is 12.6 Å². The summed E-state index contributed by atoms with van der Waals surface area (Å²) in [6.45, 7) is 1.06. The van der Waals surface area contributed by atoms with Crippen molar-refractivity contribution in [3.63, 3.8) is 0 Å². The molecule has 0 saturated carbocycles. The third-order valence-corrected chi connectivity index (χ3v) is 6.52. The lowest BCUT2D eigenvalue weighted by molar-refractivity contribution is 0.190.